The Morgan fingerprint density at radius 1 is 1.20 bits per heavy atom. The summed E-state index contributed by atoms with van der Waals surface area (Å²) < 4.78 is 40.8. The van der Waals surface area contributed by atoms with Crippen LogP contribution in [0.3, 0.4) is 0 Å². The van der Waals surface area contributed by atoms with Crippen LogP contribution in [0.5, 0.6) is 17.2 Å². The Bertz CT molecular complexity index is 745. The van der Waals surface area contributed by atoms with Crippen molar-refractivity contribution in [2.75, 3.05) is 33.5 Å². The molecule has 0 bridgehead atoms. The summed E-state index contributed by atoms with van der Waals surface area (Å²) in [6, 6.07) is 3.84. The Kier molecular flexibility index (Phi) is 8.20. The average molecular weight is 538 g/mol. The third-order valence-corrected chi connectivity index (χ3v) is 5.39. The van der Waals surface area contributed by atoms with Crippen LogP contribution < -0.4 is 24.8 Å². The fourth-order valence-corrected chi connectivity index (χ4v) is 3.52. The molecule has 1 heterocycles. The lowest BCUT2D eigenvalue weighted by Crippen LogP contribution is -2.42. The summed E-state index contributed by atoms with van der Waals surface area (Å²) in [6.07, 6.45) is 5.32. The van der Waals surface area contributed by atoms with Crippen molar-refractivity contribution in [3.63, 3.8) is 0 Å². The highest BCUT2D eigenvalue weighted by molar-refractivity contribution is 14.0. The number of alkyl halides is 2. The van der Waals surface area contributed by atoms with Crippen LogP contribution in [-0.2, 0) is 6.54 Å². The van der Waals surface area contributed by atoms with Crippen LogP contribution in [0.2, 0.25) is 0 Å². The third-order valence-electron chi connectivity index (χ3n) is 5.39. The maximum Gasteiger partial charge on any atom is 0.387 e. The van der Waals surface area contributed by atoms with Crippen molar-refractivity contribution in [3.8, 4) is 17.2 Å². The highest BCUT2D eigenvalue weighted by Crippen LogP contribution is 2.38. The van der Waals surface area contributed by atoms with Crippen LogP contribution in [0.4, 0.5) is 8.78 Å². The van der Waals surface area contributed by atoms with Gasteiger partial charge in [0.05, 0.1) is 0 Å². The van der Waals surface area contributed by atoms with Crippen molar-refractivity contribution in [2.45, 2.75) is 44.9 Å². The van der Waals surface area contributed by atoms with Crippen LogP contribution in [0, 0.1) is 5.92 Å². The molecule has 2 N–H and O–H groups in total. The lowest BCUT2D eigenvalue weighted by molar-refractivity contribution is -0.0505. The van der Waals surface area contributed by atoms with E-state index in [9.17, 15) is 8.78 Å². The predicted molar refractivity (Wildman–Crippen MR) is 120 cm³/mol. The molecule has 0 atom stereocenters. The van der Waals surface area contributed by atoms with E-state index >= 15 is 0 Å². The molecule has 30 heavy (non-hydrogen) atoms. The fraction of sp³-hybridized carbons (Fsp3) is 0.650. The SMILES string of the molecule is CN=C(NCCN(CC1CC1)C1CC1)NCc1cc2c(cc1OC(F)F)OCO2.I. The molecular weight excluding hydrogens is 509 g/mol. The molecule has 0 aromatic heterocycles. The molecule has 0 radical (unpaired) electrons. The molecule has 1 aromatic carbocycles. The van der Waals surface area contributed by atoms with Crippen LogP contribution in [0.25, 0.3) is 0 Å². The zero-order valence-electron chi connectivity index (χ0n) is 17.0. The van der Waals surface area contributed by atoms with Gasteiger partial charge in [-0.2, -0.15) is 8.78 Å². The molecule has 0 saturated heterocycles. The third kappa shape index (κ3) is 6.47. The fourth-order valence-electron chi connectivity index (χ4n) is 3.52. The molecule has 2 aliphatic carbocycles. The molecule has 0 spiro atoms. The summed E-state index contributed by atoms with van der Waals surface area (Å²) in [5.74, 6) is 2.49. The van der Waals surface area contributed by atoms with E-state index in [0.29, 0.717) is 23.0 Å². The number of aliphatic imine (C=N–C) groups is 1. The minimum Gasteiger partial charge on any atom is -0.454 e. The molecule has 0 unspecified atom stereocenters. The van der Waals surface area contributed by atoms with Gasteiger partial charge in [0.15, 0.2) is 17.5 Å². The smallest absolute Gasteiger partial charge is 0.387 e. The van der Waals surface area contributed by atoms with E-state index in [1.807, 2.05) is 0 Å². The van der Waals surface area contributed by atoms with Gasteiger partial charge in [-0.05, 0) is 37.7 Å². The standard InChI is InChI=1S/C20H28F2N4O3.HI/c1-23-20(24-6-7-26(15-4-5-15)11-13-2-3-13)25-10-14-8-17-18(28-12-27-17)9-16(14)29-19(21)22;/h8-9,13,15,19H,2-7,10-12H2,1H3,(H2,23,24,25);1H. The first-order valence-corrected chi connectivity index (χ1v) is 10.2. The first-order valence-electron chi connectivity index (χ1n) is 10.2. The quantitative estimate of drug-likeness (QED) is 0.271. The van der Waals surface area contributed by atoms with Gasteiger partial charge in [0.1, 0.15) is 5.75 Å². The van der Waals surface area contributed by atoms with Gasteiger partial charge in [-0.25, -0.2) is 0 Å². The second kappa shape index (κ2) is 10.7. The van der Waals surface area contributed by atoms with E-state index in [0.717, 1.165) is 25.0 Å². The van der Waals surface area contributed by atoms with E-state index in [4.69, 9.17) is 9.47 Å². The summed E-state index contributed by atoms with van der Waals surface area (Å²) in [4.78, 5) is 6.80. The number of benzene rings is 1. The lowest BCUT2D eigenvalue weighted by atomic mass is 10.1. The molecule has 3 aliphatic rings. The van der Waals surface area contributed by atoms with Crippen molar-refractivity contribution in [1.82, 2.24) is 15.5 Å². The predicted octanol–water partition coefficient (Wildman–Crippen LogP) is 3.17. The molecule has 7 nitrogen and oxygen atoms in total. The number of hydrogen-bond acceptors (Lipinski definition) is 5. The monoisotopic (exact) mass is 538 g/mol. The number of fused-ring (bicyclic) bond motifs is 1. The number of guanidine groups is 1. The summed E-state index contributed by atoms with van der Waals surface area (Å²) in [7, 11) is 1.69. The Balaban J connectivity index is 0.00000256. The largest absolute Gasteiger partial charge is 0.454 e. The van der Waals surface area contributed by atoms with Crippen molar-refractivity contribution >= 4 is 29.9 Å². The van der Waals surface area contributed by atoms with Crippen LogP contribution in [0.1, 0.15) is 31.2 Å². The Hall–Kier alpha value is -1.56. The Morgan fingerprint density at radius 3 is 2.57 bits per heavy atom. The maximum absolute atomic E-state index is 12.8. The average Bonchev–Trinajstić information content (AvgIpc) is 3.61. The highest BCUT2D eigenvalue weighted by atomic mass is 127. The number of rotatable bonds is 10. The van der Waals surface area contributed by atoms with Gasteiger partial charge in [-0.1, -0.05) is 0 Å². The minimum atomic E-state index is -2.91. The summed E-state index contributed by atoms with van der Waals surface area (Å²) >= 11 is 0. The van der Waals surface area contributed by atoms with Crippen LogP contribution >= 0.6 is 24.0 Å². The van der Waals surface area contributed by atoms with Crippen molar-refractivity contribution in [2.24, 2.45) is 10.9 Å². The number of halogens is 3. The van der Waals surface area contributed by atoms with E-state index in [1.54, 1.807) is 13.1 Å². The van der Waals surface area contributed by atoms with Gasteiger partial charge >= 0.3 is 6.61 Å². The summed E-state index contributed by atoms with van der Waals surface area (Å²) in [6.45, 7) is 0.390. The number of nitrogens with one attached hydrogen (secondary N) is 2. The molecule has 2 saturated carbocycles. The number of ether oxygens (including phenoxy) is 3. The lowest BCUT2D eigenvalue weighted by Gasteiger charge is -2.22. The maximum atomic E-state index is 12.8. The molecule has 0 amide bonds. The van der Waals surface area contributed by atoms with Crippen LogP contribution in [0.15, 0.2) is 17.1 Å². The van der Waals surface area contributed by atoms with Crippen LogP contribution in [-0.4, -0.2) is 57.0 Å². The normalized spacial score (nSPS) is 17.8. The zero-order chi connectivity index (χ0) is 20.2. The number of nitrogens with zero attached hydrogens (tertiary/aromatic N) is 2. The summed E-state index contributed by atoms with van der Waals surface area (Å²) in [5, 5.41) is 6.47. The van der Waals surface area contributed by atoms with Gasteiger partial charge in [0.25, 0.3) is 0 Å². The van der Waals surface area contributed by atoms with Crippen molar-refractivity contribution in [1.29, 1.82) is 0 Å². The Morgan fingerprint density at radius 2 is 1.93 bits per heavy atom. The second-order valence-corrected chi connectivity index (χ2v) is 7.71. The van der Waals surface area contributed by atoms with E-state index in [1.165, 1.54) is 38.3 Å². The molecule has 1 aromatic rings. The zero-order valence-corrected chi connectivity index (χ0v) is 19.4. The number of hydrogen-bond donors (Lipinski definition) is 2. The summed E-state index contributed by atoms with van der Waals surface area (Å²) in [5.41, 5.74) is 0.547. The first-order chi connectivity index (χ1) is 14.1. The van der Waals surface area contributed by atoms with E-state index in [2.05, 4.69) is 25.3 Å². The van der Waals surface area contributed by atoms with Gasteiger partial charge in [-0.3, -0.25) is 9.89 Å². The topological polar surface area (TPSA) is 67.4 Å². The minimum absolute atomic E-state index is 0. The van der Waals surface area contributed by atoms with Crippen molar-refractivity contribution < 1.29 is 23.0 Å². The van der Waals surface area contributed by atoms with Gasteiger partial charge in [0, 0.05) is 50.9 Å². The Labute approximate surface area is 192 Å². The highest BCUT2D eigenvalue weighted by Gasteiger charge is 2.33. The molecule has 168 valence electrons. The second-order valence-electron chi connectivity index (χ2n) is 7.71. The van der Waals surface area contributed by atoms with E-state index in [-0.39, 0.29) is 43.1 Å². The van der Waals surface area contributed by atoms with E-state index < -0.39 is 6.61 Å². The van der Waals surface area contributed by atoms with Gasteiger partial charge in [-0.15, -0.1) is 24.0 Å². The van der Waals surface area contributed by atoms with Gasteiger partial charge < -0.3 is 24.8 Å². The molecular formula is C20H29F2IN4O3. The molecule has 2 fully saturated rings. The molecule has 10 heteroatoms. The molecule has 1 aliphatic heterocycles. The van der Waals surface area contributed by atoms with Gasteiger partial charge in [0.2, 0.25) is 6.79 Å². The van der Waals surface area contributed by atoms with Crippen molar-refractivity contribution in [3.05, 3.63) is 17.7 Å². The molecule has 4 rings (SSSR count). The first kappa shape index (κ1) is 23.1.